The number of hydrogen-bond acceptors (Lipinski definition) is 5. The molecular formula is C23H21N5O3S. The van der Waals surface area contributed by atoms with Crippen molar-refractivity contribution in [3.8, 4) is 0 Å². The highest BCUT2D eigenvalue weighted by atomic mass is 32.2. The normalized spacial score (nSPS) is 15.7. The highest BCUT2D eigenvalue weighted by Gasteiger charge is 2.36. The van der Waals surface area contributed by atoms with Gasteiger partial charge in [-0.15, -0.1) is 10.2 Å². The average Bonchev–Trinajstić information content (AvgIpc) is 3.37. The van der Waals surface area contributed by atoms with Gasteiger partial charge in [-0.25, -0.2) is 8.42 Å². The van der Waals surface area contributed by atoms with Crippen molar-refractivity contribution < 1.29 is 13.2 Å². The summed E-state index contributed by atoms with van der Waals surface area (Å²) in [7, 11) is -3.82. The predicted octanol–water partition coefficient (Wildman–Crippen LogP) is 2.80. The van der Waals surface area contributed by atoms with E-state index in [-0.39, 0.29) is 29.0 Å². The Balaban J connectivity index is 1.39. The summed E-state index contributed by atoms with van der Waals surface area (Å²) in [5.74, 6) is 0.199. The number of rotatable bonds is 5. The van der Waals surface area contributed by atoms with Crippen LogP contribution in [0.2, 0.25) is 0 Å². The number of carbonyl (C=O) groups is 1. The van der Waals surface area contributed by atoms with E-state index >= 15 is 0 Å². The second-order valence-electron chi connectivity index (χ2n) is 7.74. The van der Waals surface area contributed by atoms with E-state index < -0.39 is 10.0 Å². The lowest BCUT2D eigenvalue weighted by molar-refractivity contribution is 0.0949. The van der Waals surface area contributed by atoms with Gasteiger partial charge in [0, 0.05) is 17.8 Å². The van der Waals surface area contributed by atoms with Gasteiger partial charge >= 0.3 is 0 Å². The van der Waals surface area contributed by atoms with Crippen LogP contribution >= 0.6 is 0 Å². The van der Waals surface area contributed by atoms with E-state index in [1.165, 1.54) is 16.4 Å². The van der Waals surface area contributed by atoms with Crippen molar-refractivity contribution in [2.24, 2.45) is 0 Å². The third-order valence-electron chi connectivity index (χ3n) is 5.59. The molecule has 0 fully saturated rings. The van der Waals surface area contributed by atoms with Crippen LogP contribution in [0.15, 0.2) is 77.8 Å². The number of aromatic nitrogens is 3. The van der Waals surface area contributed by atoms with Gasteiger partial charge in [-0.3, -0.25) is 13.5 Å². The van der Waals surface area contributed by atoms with E-state index in [0.717, 1.165) is 5.56 Å². The van der Waals surface area contributed by atoms with Gasteiger partial charge in [0.1, 0.15) is 0 Å². The number of nitrogens with one attached hydrogen (secondary N) is 1. The van der Waals surface area contributed by atoms with E-state index in [0.29, 0.717) is 23.6 Å². The first-order valence-corrected chi connectivity index (χ1v) is 11.7. The number of para-hydroxylation sites is 1. The molecule has 162 valence electrons. The zero-order valence-electron chi connectivity index (χ0n) is 17.3. The molecule has 32 heavy (non-hydrogen) atoms. The molecule has 3 heterocycles. The van der Waals surface area contributed by atoms with E-state index in [9.17, 15) is 13.2 Å². The quantitative estimate of drug-likeness (QED) is 0.508. The maximum Gasteiger partial charge on any atom is 0.264 e. The fourth-order valence-electron chi connectivity index (χ4n) is 4.09. The fraction of sp³-hybridized carbons (Fsp3) is 0.174. The molecule has 2 aromatic carbocycles. The Kier molecular flexibility index (Phi) is 4.90. The molecule has 0 unspecified atom stereocenters. The first kappa shape index (κ1) is 20.2. The maximum absolute atomic E-state index is 13.4. The van der Waals surface area contributed by atoms with Crippen LogP contribution in [0, 0.1) is 0 Å². The fourth-order valence-corrected chi connectivity index (χ4v) is 5.83. The molecule has 9 heteroatoms. The lowest BCUT2D eigenvalue weighted by atomic mass is 10.1. The molecule has 0 aliphatic carbocycles. The zero-order chi connectivity index (χ0) is 22.3. The zero-order valence-corrected chi connectivity index (χ0v) is 18.2. The summed E-state index contributed by atoms with van der Waals surface area (Å²) in [5, 5.41) is 11.0. The number of nitrogens with zero attached hydrogens (tertiary/aromatic N) is 4. The lowest BCUT2D eigenvalue weighted by Crippen LogP contribution is -2.35. The Morgan fingerprint density at radius 3 is 2.75 bits per heavy atom. The molecule has 5 rings (SSSR count). The lowest BCUT2D eigenvalue weighted by Gasteiger charge is -2.24. The molecule has 0 saturated carbocycles. The molecular weight excluding hydrogens is 426 g/mol. The van der Waals surface area contributed by atoms with Gasteiger partial charge in [0.05, 0.1) is 17.1 Å². The molecule has 0 bridgehead atoms. The predicted molar refractivity (Wildman–Crippen MR) is 120 cm³/mol. The van der Waals surface area contributed by atoms with Gasteiger partial charge in [-0.2, -0.15) is 0 Å². The number of hydrogen-bond donors (Lipinski definition) is 1. The van der Waals surface area contributed by atoms with E-state index in [4.69, 9.17) is 0 Å². The molecule has 0 saturated heterocycles. The summed E-state index contributed by atoms with van der Waals surface area (Å²) in [4.78, 5) is 12.8. The van der Waals surface area contributed by atoms with Crippen molar-refractivity contribution in [3.63, 3.8) is 0 Å². The Morgan fingerprint density at radius 1 is 1.06 bits per heavy atom. The molecule has 8 nitrogen and oxygen atoms in total. The average molecular weight is 448 g/mol. The van der Waals surface area contributed by atoms with E-state index in [1.807, 2.05) is 55.6 Å². The van der Waals surface area contributed by atoms with Crippen molar-refractivity contribution in [2.75, 3.05) is 4.31 Å². The van der Waals surface area contributed by atoms with Crippen LogP contribution in [0.25, 0.3) is 5.65 Å². The second-order valence-corrected chi connectivity index (χ2v) is 9.55. The van der Waals surface area contributed by atoms with Crippen LogP contribution in [0.1, 0.15) is 28.7 Å². The highest BCUT2D eigenvalue weighted by molar-refractivity contribution is 7.92. The summed E-state index contributed by atoms with van der Waals surface area (Å²) in [6.45, 7) is 2.05. The van der Waals surface area contributed by atoms with Gasteiger partial charge in [0.2, 0.25) is 0 Å². The van der Waals surface area contributed by atoms with Crippen molar-refractivity contribution >= 4 is 27.3 Å². The van der Waals surface area contributed by atoms with Gasteiger partial charge in [-0.05, 0) is 55.3 Å². The second kappa shape index (κ2) is 7.76. The smallest absolute Gasteiger partial charge is 0.264 e. The summed E-state index contributed by atoms with van der Waals surface area (Å²) in [5.41, 5.74) is 2.64. The van der Waals surface area contributed by atoms with Gasteiger partial charge in [0.25, 0.3) is 15.9 Å². The van der Waals surface area contributed by atoms with Crippen molar-refractivity contribution in [3.05, 3.63) is 89.9 Å². The van der Waals surface area contributed by atoms with Crippen LogP contribution in [-0.4, -0.2) is 35.0 Å². The number of anilines is 1. The van der Waals surface area contributed by atoms with Crippen LogP contribution < -0.4 is 9.62 Å². The number of pyridine rings is 1. The minimum absolute atomic E-state index is 0.0848. The minimum atomic E-state index is -3.82. The highest BCUT2D eigenvalue weighted by Crippen LogP contribution is 2.36. The van der Waals surface area contributed by atoms with Crippen LogP contribution in [0.5, 0.6) is 0 Å². The third-order valence-corrected chi connectivity index (χ3v) is 7.51. The number of sulfonamides is 1. The first-order chi connectivity index (χ1) is 15.4. The molecule has 2 aromatic heterocycles. The topological polar surface area (TPSA) is 96.7 Å². The van der Waals surface area contributed by atoms with Crippen molar-refractivity contribution in [1.29, 1.82) is 0 Å². The van der Waals surface area contributed by atoms with Crippen molar-refractivity contribution in [1.82, 2.24) is 19.9 Å². The molecule has 0 spiro atoms. The largest absolute Gasteiger partial charge is 0.345 e. The summed E-state index contributed by atoms with van der Waals surface area (Å²) >= 11 is 0. The number of fused-ring (bicyclic) bond motifs is 2. The van der Waals surface area contributed by atoms with Gasteiger partial charge in [-0.1, -0.05) is 30.3 Å². The summed E-state index contributed by atoms with van der Waals surface area (Å²) < 4.78 is 30.1. The van der Waals surface area contributed by atoms with Crippen LogP contribution in [0.3, 0.4) is 0 Å². The molecule has 4 aromatic rings. The Hall–Kier alpha value is -3.72. The maximum atomic E-state index is 13.4. The minimum Gasteiger partial charge on any atom is -0.345 e. The SMILES string of the molecule is C[C@@H]1Cc2ccccc2N1S(=O)(=O)c1cccc(C(=O)NCc2nnc3ccccn23)c1. The number of carbonyl (C=O) groups excluding carboxylic acids is 1. The molecule has 1 N–H and O–H groups in total. The summed E-state index contributed by atoms with van der Waals surface area (Å²) in [6.07, 6.45) is 2.47. The molecule has 0 radical (unpaired) electrons. The van der Waals surface area contributed by atoms with Crippen LogP contribution in [-0.2, 0) is 23.0 Å². The van der Waals surface area contributed by atoms with Crippen LogP contribution in [0.4, 0.5) is 5.69 Å². The Bertz CT molecular complexity index is 1430. The molecule has 1 amide bonds. The summed E-state index contributed by atoms with van der Waals surface area (Å²) in [6, 6.07) is 19.0. The van der Waals surface area contributed by atoms with Gasteiger partial charge in [0.15, 0.2) is 11.5 Å². The van der Waals surface area contributed by atoms with E-state index in [2.05, 4.69) is 15.5 Å². The van der Waals surface area contributed by atoms with Crippen molar-refractivity contribution in [2.45, 2.75) is 30.8 Å². The number of amides is 1. The Labute approximate surface area is 185 Å². The standard InChI is InChI=1S/C23H21N5O3S/c1-16-13-17-7-2-3-10-20(17)28(16)32(30,31)19-9-6-8-18(14-19)23(29)24-15-22-26-25-21-11-4-5-12-27(21)22/h2-12,14,16H,13,15H2,1H3,(H,24,29)/t16-/m1/s1. The molecule has 1 aliphatic heterocycles. The Morgan fingerprint density at radius 2 is 1.88 bits per heavy atom. The van der Waals surface area contributed by atoms with E-state index in [1.54, 1.807) is 16.5 Å². The third kappa shape index (κ3) is 3.40. The van der Waals surface area contributed by atoms with Gasteiger partial charge < -0.3 is 5.32 Å². The molecule has 1 atom stereocenters. The molecule has 1 aliphatic rings. The first-order valence-electron chi connectivity index (χ1n) is 10.2. The monoisotopic (exact) mass is 447 g/mol. The number of benzene rings is 2.